The van der Waals surface area contributed by atoms with Crippen LogP contribution in [-0.4, -0.2) is 20.0 Å². The van der Waals surface area contributed by atoms with Crippen molar-refractivity contribution in [3.8, 4) is 0 Å². The molecule has 2 heteroatoms. The third-order valence-corrected chi connectivity index (χ3v) is 4.56. The summed E-state index contributed by atoms with van der Waals surface area (Å²) in [4.78, 5) is 0. The molecule has 0 aromatic rings. The Morgan fingerprint density at radius 2 is 1.25 bits per heavy atom. The van der Waals surface area contributed by atoms with Gasteiger partial charge in [-0.15, -0.1) is 0 Å². The predicted molar refractivity (Wildman–Crippen MR) is 88.0 cm³/mol. The standard InChI is InChI=1S/C18H38O2/c1-6-8-10-11-12-13-15-17(3)18(19-4,20-5)16-14-9-7-2/h17H,6-16H2,1-5H3. The molecule has 0 bridgehead atoms. The normalized spacial score (nSPS) is 13.7. The zero-order valence-corrected chi connectivity index (χ0v) is 14.7. The summed E-state index contributed by atoms with van der Waals surface area (Å²) in [6, 6.07) is 0. The zero-order valence-electron chi connectivity index (χ0n) is 14.7. The van der Waals surface area contributed by atoms with Gasteiger partial charge in [0, 0.05) is 26.6 Å². The third-order valence-electron chi connectivity index (χ3n) is 4.56. The van der Waals surface area contributed by atoms with Gasteiger partial charge in [0.05, 0.1) is 0 Å². The highest BCUT2D eigenvalue weighted by atomic mass is 16.7. The molecule has 0 aromatic carbocycles. The predicted octanol–water partition coefficient (Wildman–Crippen LogP) is 5.94. The summed E-state index contributed by atoms with van der Waals surface area (Å²) >= 11 is 0. The molecule has 0 N–H and O–H groups in total. The summed E-state index contributed by atoms with van der Waals surface area (Å²) < 4.78 is 11.5. The number of ether oxygens (including phenoxy) is 2. The molecule has 0 saturated carbocycles. The van der Waals surface area contributed by atoms with E-state index in [1.54, 1.807) is 14.2 Å². The second-order valence-electron chi connectivity index (χ2n) is 6.13. The van der Waals surface area contributed by atoms with Gasteiger partial charge in [0.25, 0.3) is 0 Å². The molecule has 0 aliphatic carbocycles. The molecule has 1 atom stereocenters. The molecular weight excluding hydrogens is 248 g/mol. The highest BCUT2D eigenvalue weighted by Crippen LogP contribution is 2.32. The Bertz CT molecular complexity index is 200. The molecule has 122 valence electrons. The van der Waals surface area contributed by atoms with Gasteiger partial charge < -0.3 is 9.47 Å². The topological polar surface area (TPSA) is 18.5 Å². The van der Waals surface area contributed by atoms with E-state index in [9.17, 15) is 0 Å². The molecule has 0 aromatic heterocycles. The van der Waals surface area contributed by atoms with Crippen molar-refractivity contribution in [3.05, 3.63) is 0 Å². The van der Waals surface area contributed by atoms with E-state index in [0.29, 0.717) is 5.92 Å². The first-order chi connectivity index (χ1) is 9.66. The Labute approximate surface area is 127 Å². The van der Waals surface area contributed by atoms with Crippen LogP contribution in [0.25, 0.3) is 0 Å². The molecule has 0 aliphatic rings. The Kier molecular flexibility index (Phi) is 12.6. The fourth-order valence-electron chi connectivity index (χ4n) is 3.01. The lowest BCUT2D eigenvalue weighted by Crippen LogP contribution is -2.40. The molecule has 0 heterocycles. The van der Waals surface area contributed by atoms with E-state index >= 15 is 0 Å². The quantitative estimate of drug-likeness (QED) is 0.290. The molecule has 0 radical (unpaired) electrons. The van der Waals surface area contributed by atoms with Crippen molar-refractivity contribution < 1.29 is 9.47 Å². The minimum absolute atomic E-state index is 0.363. The smallest absolute Gasteiger partial charge is 0.170 e. The van der Waals surface area contributed by atoms with Gasteiger partial charge >= 0.3 is 0 Å². The number of unbranched alkanes of at least 4 members (excludes halogenated alkanes) is 7. The van der Waals surface area contributed by atoms with Crippen LogP contribution in [0, 0.1) is 5.92 Å². The largest absolute Gasteiger partial charge is 0.353 e. The highest BCUT2D eigenvalue weighted by Gasteiger charge is 2.35. The van der Waals surface area contributed by atoms with Gasteiger partial charge in [-0.2, -0.15) is 0 Å². The first-order valence-corrected chi connectivity index (χ1v) is 8.77. The second kappa shape index (κ2) is 12.6. The number of methoxy groups -OCH3 is 2. The maximum absolute atomic E-state index is 5.77. The molecule has 0 fully saturated rings. The molecule has 2 nitrogen and oxygen atoms in total. The lowest BCUT2D eigenvalue weighted by molar-refractivity contribution is -0.242. The molecule has 0 amide bonds. The van der Waals surface area contributed by atoms with Crippen LogP contribution in [0.5, 0.6) is 0 Å². The first-order valence-electron chi connectivity index (χ1n) is 8.77. The van der Waals surface area contributed by atoms with Crippen molar-refractivity contribution in [2.75, 3.05) is 14.2 Å². The molecule has 0 saturated heterocycles. The number of hydrogen-bond donors (Lipinski definition) is 0. The van der Waals surface area contributed by atoms with Gasteiger partial charge in [-0.25, -0.2) is 0 Å². The summed E-state index contributed by atoms with van der Waals surface area (Å²) in [5.41, 5.74) is 0. The van der Waals surface area contributed by atoms with Crippen molar-refractivity contribution in [1.29, 1.82) is 0 Å². The van der Waals surface area contributed by atoms with Crippen LogP contribution in [-0.2, 0) is 9.47 Å². The van der Waals surface area contributed by atoms with Crippen LogP contribution >= 0.6 is 0 Å². The average Bonchev–Trinajstić information content (AvgIpc) is 2.47. The van der Waals surface area contributed by atoms with Crippen molar-refractivity contribution in [2.45, 2.75) is 97.2 Å². The van der Waals surface area contributed by atoms with Gasteiger partial charge in [-0.05, 0) is 12.8 Å². The average molecular weight is 286 g/mol. The maximum atomic E-state index is 5.77. The molecule has 0 rings (SSSR count). The Morgan fingerprint density at radius 1 is 0.750 bits per heavy atom. The molecule has 1 unspecified atom stereocenters. The van der Waals surface area contributed by atoms with Crippen molar-refractivity contribution in [1.82, 2.24) is 0 Å². The van der Waals surface area contributed by atoms with Crippen LogP contribution in [0.3, 0.4) is 0 Å². The van der Waals surface area contributed by atoms with Gasteiger partial charge in [-0.1, -0.05) is 72.1 Å². The Balaban J connectivity index is 4.04. The third kappa shape index (κ3) is 7.64. The number of hydrogen-bond acceptors (Lipinski definition) is 2. The van der Waals surface area contributed by atoms with Crippen LogP contribution < -0.4 is 0 Å². The van der Waals surface area contributed by atoms with E-state index in [0.717, 1.165) is 6.42 Å². The SMILES string of the molecule is CCCCCCCCC(C)C(CCCCC)(OC)OC. The molecule has 20 heavy (non-hydrogen) atoms. The first kappa shape index (κ1) is 19.9. The highest BCUT2D eigenvalue weighted by molar-refractivity contribution is 4.76. The van der Waals surface area contributed by atoms with E-state index in [2.05, 4.69) is 20.8 Å². The van der Waals surface area contributed by atoms with E-state index in [1.807, 2.05) is 0 Å². The van der Waals surface area contributed by atoms with E-state index < -0.39 is 0 Å². The minimum Gasteiger partial charge on any atom is -0.353 e. The fourth-order valence-corrected chi connectivity index (χ4v) is 3.01. The summed E-state index contributed by atoms with van der Waals surface area (Å²) in [5, 5.41) is 0. The summed E-state index contributed by atoms with van der Waals surface area (Å²) in [6.45, 7) is 6.79. The second-order valence-corrected chi connectivity index (χ2v) is 6.13. The molecule has 0 aliphatic heterocycles. The lowest BCUT2D eigenvalue weighted by atomic mass is 9.89. The van der Waals surface area contributed by atoms with Crippen LogP contribution in [0.2, 0.25) is 0 Å². The van der Waals surface area contributed by atoms with E-state index in [-0.39, 0.29) is 5.79 Å². The molecule has 0 spiro atoms. The zero-order chi connectivity index (χ0) is 15.3. The van der Waals surface area contributed by atoms with Crippen molar-refractivity contribution >= 4 is 0 Å². The van der Waals surface area contributed by atoms with Crippen LogP contribution in [0.1, 0.15) is 91.4 Å². The van der Waals surface area contributed by atoms with Crippen molar-refractivity contribution in [3.63, 3.8) is 0 Å². The van der Waals surface area contributed by atoms with E-state index in [1.165, 1.54) is 64.2 Å². The molecular formula is C18H38O2. The lowest BCUT2D eigenvalue weighted by Gasteiger charge is -2.37. The monoisotopic (exact) mass is 286 g/mol. The van der Waals surface area contributed by atoms with E-state index in [4.69, 9.17) is 9.47 Å². The summed E-state index contributed by atoms with van der Waals surface area (Å²) in [5.74, 6) is 0.110. The summed E-state index contributed by atoms with van der Waals surface area (Å²) in [7, 11) is 3.60. The maximum Gasteiger partial charge on any atom is 0.170 e. The van der Waals surface area contributed by atoms with Gasteiger partial charge in [0.15, 0.2) is 5.79 Å². The van der Waals surface area contributed by atoms with Crippen molar-refractivity contribution in [2.24, 2.45) is 5.92 Å². The summed E-state index contributed by atoms with van der Waals surface area (Å²) in [6.07, 6.45) is 14.1. The van der Waals surface area contributed by atoms with Gasteiger partial charge in [0.1, 0.15) is 0 Å². The fraction of sp³-hybridized carbons (Fsp3) is 1.00. The number of rotatable bonds is 14. The van der Waals surface area contributed by atoms with Gasteiger partial charge in [0.2, 0.25) is 0 Å². The Hall–Kier alpha value is -0.0800. The van der Waals surface area contributed by atoms with Gasteiger partial charge in [-0.3, -0.25) is 0 Å². The minimum atomic E-state index is -0.363. The van der Waals surface area contributed by atoms with Crippen LogP contribution in [0.15, 0.2) is 0 Å². The van der Waals surface area contributed by atoms with Crippen LogP contribution in [0.4, 0.5) is 0 Å². The Morgan fingerprint density at radius 3 is 1.80 bits per heavy atom.